The Bertz CT molecular complexity index is 2770. The maximum atomic E-state index is 5.57. The Morgan fingerprint density at radius 3 is 1.95 bits per heavy atom. The van der Waals surface area contributed by atoms with Crippen LogP contribution >= 0.6 is 11.3 Å². The predicted octanol–water partition coefficient (Wildman–Crippen LogP) is 11.7. The van der Waals surface area contributed by atoms with Gasteiger partial charge in [-0.1, -0.05) is 127 Å². The van der Waals surface area contributed by atoms with Gasteiger partial charge in [-0.2, -0.15) is 0 Å². The van der Waals surface area contributed by atoms with Gasteiger partial charge in [0.2, 0.25) is 0 Å². The standard InChI is InChI=1S/C41H24N2S/c1-2-13-26(14-3-1)33-24-27-23-22-25-12-4-5-15-28(25)36(27)41(42-33)43-34-20-10-8-18-31(34)37-29-16-6-7-17-30(29)38-32-19-9-11-21-35(32)44-40(38)39(37)43/h1-24H. The third kappa shape index (κ3) is 3.22. The Balaban J connectivity index is 1.51. The molecule has 0 atom stereocenters. The largest absolute Gasteiger partial charge is 0.292 e. The van der Waals surface area contributed by atoms with Crippen LogP contribution in [-0.4, -0.2) is 9.55 Å². The van der Waals surface area contributed by atoms with Crippen molar-refractivity contribution in [2.75, 3.05) is 0 Å². The summed E-state index contributed by atoms with van der Waals surface area (Å²) in [6.45, 7) is 0. The van der Waals surface area contributed by atoms with Crippen LogP contribution in [0.4, 0.5) is 0 Å². The van der Waals surface area contributed by atoms with E-state index >= 15 is 0 Å². The lowest BCUT2D eigenvalue weighted by Gasteiger charge is -2.16. The van der Waals surface area contributed by atoms with Crippen molar-refractivity contribution in [3.63, 3.8) is 0 Å². The first-order chi connectivity index (χ1) is 21.8. The molecule has 10 rings (SSSR count). The SMILES string of the molecule is c1ccc(-c2cc3ccc4ccccc4c3c(-n3c4ccccc4c4c5ccccc5c5c6ccccc6sc5c43)n2)cc1. The van der Waals surface area contributed by atoms with E-state index in [2.05, 4.69) is 150 Å². The molecule has 44 heavy (non-hydrogen) atoms. The highest BCUT2D eigenvalue weighted by molar-refractivity contribution is 7.27. The van der Waals surface area contributed by atoms with Gasteiger partial charge in [-0.25, -0.2) is 4.98 Å². The van der Waals surface area contributed by atoms with E-state index in [9.17, 15) is 0 Å². The molecule has 0 saturated carbocycles. The summed E-state index contributed by atoms with van der Waals surface area (Å²) in [7, 11) is 0. The van der Waals surface area contributed by atoms with E-state index in [1.54, 1.807) is 0 Å². The molecule has 0 fully saturated rings. The minimum absolute atomic E-state index is 0.971. The second-order valence-electron chi connectivity index (χ2n) is 11.5. The van der Waals surface area contributed by atoms with E-state index in [1.165, 1.54) is 74.3 Å². The van der Waals surface area contributed by atoms with Crippen molar-refractivity contribution in [2.24, 2.45) is 0 Å². The number of rotatable bonds is 2. The average molecular weight is 577 g/mol. The van der Waals surface area contributed by atoms with Crippen molar-refractivity contribution in [2.45, 2.75) is 0 Å². The van der Waals surface area contributed by atoms with Gasteiger partial charge in [0.15, 0.2) is 0 Å². The summed E-state index contributed by atoms with van der Waals surface area (Å²) in [5, 5.41) is 12.5. The van der Waals surface area contributed by atoms with Gasteiger partial charge in [0, 0.05) is 37.2 Å². The van der Waals surface area contributed by atoms with Crippen LogP contribution in [0.2, 0.25) is 0 Å². The molecule has 3 heterocycles. The van der Waals surface area contributed by atoms with Gasteiger partial charge >= 0.3 is 0 Å². The third-order valence-electron chi connectivity index (χ3n) is 9.14. The molecular weight excluding hydrogens is 553 g/mol. The number of para-hydroxylation sites is 1. The zero-order chi connectivity index (χ0) is 28.8. The quantitative estimate of drug-likeness (QED) is 0.187. The smallest absolute Gasteiger partial charge is 0.146 e. The van der Waals surface area contributed by atoms with E-state index in [0.717, 1.165) is 17.1 Å². The van der Waals surface area contributed by atoms with Crippen molar-refractivity contribution >= 4 is 85.6 Å². The number of hydrogen-bond acceptors (Lipinski definition) is 2. The van der Waals surface area contributed by atoms with Crippen LogP contribution in [0, 0.1) is 0 Å². The number of fused-ring (bicyclic) bond motifs is 13. The summed E-state index contributed by atoms with van der Waals surface area (Å²) in [5.41, 5.74) is 4.49. The lowest BCUT2D eigenvalue weighted by Crippen LogP contribution is -2.01. The molecule has 3 heteroatoms. The van der Waals surface area contributed by atoms with Crippen molar-refractivity contribution in [3.8, 4) is 17.1 Å². The minimum atomic E-state index is 0.971. The fourth-order valence-corrected chi connectivity index (χ4v) is 8.53. The molecule has 2 nitrogen and oxygen atoms in total. The van der Waals surface area contributed by atoms with Crippen molar-refractivity contribution in [1.82, 2.24) is 9.55 Å². The number of thiophene rings is 1. The molecule has 0 aliphatic rings. The van der Waals surface area contributed by atoms with Crippen LogP contribution in [0.15, 0.2) is 146 Å². The monoisotopic (exact) mass is 576 g/mol. The van der Waals surface area contributed by atoms with Crippen LogP contribution in [-0.2, 0) is 0 Å². The number of nitrogens with zero attached hydrogens (tertiary/aromatic N) is 2. The minimum Gasteiger partial charge on any atom is -0.292 e. The highest BCUT2D eigenvalue weighted by atomic mass is 32.1. The van der Waals surface area contributed by atoms with E-state index in [-0.39, 0.29) is 0 Å². The lowest BCUT2D eigenvalue weighted by atomic mass is 9.99. The van der Waals surface area contributed by atoms with E-state index < -0.39 is 0 Å². The van der Waals surface area contributed by atoms with Crippen LogP contribution in [0.5, 0.6) is 0 Å². The first-order valence-electron chi connectivity index (χ1n) is 15.0. The topological polar surface area (TPSA) is 17.8 Å². The fraction of sp³-hybridized carbons (Fsp3) is 0. The summed E-state index contributed by atoms with van der Waals surface area (Å²) >= 11 is 1.89. The normalized spacial score (nSPS) is 12.1. The summed E-state index contributed by atoms with van der Waals surface area (Å²) in [5.74, 6) is 0.971. The Hall–Kier alpha value is -5.51. The summed E-state index contributed by atoms with van der Waals surface area (Å²) in [6.07, 6.45) is 0. The maximum Gasteiger partial charge on any atom is 0.146 e. The van der Waals surface area contributed by atoms with Crippen LogP contribution in [0.3, 0.4) is 0 Å². The van der Waals surface area contributed by atoms with Crippen molar-refractivity contribution in [3.05, 3.63) is 146 Å². The van der Waals surface area contributed by atoms with Gasteiger partial charge < -0.3 is 0 Å². The van der Waals surface area contributed by atoms with Gasteiger partial charge in [0.1, 0.15) is 5.82 Å². The van der Waals surface area contributed by atoms with E-state index in [4.69, 9.17) is 4.98 Å². The molecule has 0 aliphatic carbocycles. The van der Waals surface area contributed by atoms with E-state index in [0.29, 0.717) is 0 Å². The summed E-state index contributed by atoms with van der Waals surface area (Å²) in [6, 6.07) is 52.6. The zero-order valence-electron chi connectivity index (χ0n) is 23.7. The summed E-state index contributed by atoms with van der Waals surface area (Å²) in [4.78, 5) is 5.57. The average Bonchev–Trinajstić information content (AvgIpc) is 3.65. The van der Waals surface area contributed by atoms with Crippen LogP contribution in [0.1, 0.15) is 0 Å². The Morgan fingerprint density at radius 1 is 0.477 bits per heavy atom. The number of hydrogen-bond donors (Lipinski definition) is 0. The van der Waals surface area contributed by atoms with Gasteiger partial charge in [0.05, 0.1) is 21.4 Å². The van der Waals surface area contributed by atoms with E-state index in [1.807, 2.05) is 11.3 Å². The molecule has 3 aromatic heterocycles. The third-order valence-corrected chi connectivity index (χ3v) is 10.3. The van der Waals surface area contributed by atoms with Crippen molar-refractivity contribution < 1.29 is 0 Å². The molecule has 0 saturated heterocycles. The zero-order valence-corrected chi connectivity index (χ0v) is 24.5. The van der Waals surface area contributed by atoms with Crippen LogP contribution in [0.25, 0.3) is 91.4 Å². The molecule has 0 bridgehead atoms. The molecule has 0 N–H and O–H groups in total. The number of pyridine rings is 1. The lowest BCUT2D eigenvalue weighted by molar-refractivity contribution is 1.11. The molecule has 204 valence electrons. The number of aromatic nitrogens is 2. The second kappa shape index (κ2) is 9.00. The summed E-state index contributed by atoms with van der Waals surface area (Å²) < 4.78 is 5.07. The van der Waals surface area contributed by atoms with Gasteiger partial charge in [-0.3, -0.25) is 4.57 Å². The molecular formula is C41H24N2S. The van der Waals surface area contributed by atoms with Crippen LogP contribution < -0.4 is 0 Å². The fourth-order valence-electron chi connectivity index (χ4n) is 7.27. The Labute approximate surface area is 257 Å². The van der Waals surface area contributed by atoms with Gasteiger partial charge in [-0.05, 0) is 45.1 Å². The molecule has 0 unspecified atom stereocenters. The molecule has 0 radical (unpaired) electrons. The molecule has 7 aromatic carbocycles. The van der Waals surface area contributed by atoms with Gasteiger partial charge in [0.25, 0.3) is 0 Å². The highest BCUT2D eigenvalue weighted by Crippen LogP contribution is 2.48. The Morgan fingerprint density at radius 2 is 1.11 bits per heavy atom. The molecule has 0 aliphatic heterocycles. The van der Waals surface area contributed by atoms with Crippen molar-refractivity contribution in [1.29, 1.82) is 0 Å². The predicted molar refractivity (Wildman–Crippen MR) is 189 cm³/mol. The molecule has 0 amide bonds. The van der Waals surface area contributed by atoms with Gasteiger partial charge in [-0.15, -0.1) is 11.3 Å². The second-order valence-corrected chi connectivity index (χ2v) is 12.6. The molecule has 0 spiro atoms. The molecule has 10 aromatic rings. The first-order valence-corrected chi connectivity index (χ1v) is 15.8. The first kappa shape index (κ1) is 24.0. The Kier molecular flexibility index (Phi) is 4.90. The highest BCUT2D eigenvalue weighted by Gasteiger charge is 2.24. The maximum absolute atomic E-state index is 5.57. The number of benzene rings is 7.